The van der Waals surface area contributed by atoms with Gasteiger partial charge in [-0.05, 0) is 47.6 Å². The molecule has 4 rings (SSSR count). The molecule has 6 nitrogen and oxygen atoms in total. The molecule has 1 aliphatic rings. The molecule has 1 amide bonds. The van der Waals surface area contributed by atoms with Crippen LogP contribution in [-0.2, 0) is 16.0 Å². The van der Waals surface area contributed by atoms with Gasteiger partial charge in [0, 0.05) is 25.6 Å². The van der Waals surface area contributed by atoms with Crippen LogP contribution in [0.2, 0.25) is 0 Å². The quantitative estimate of drug-likeness (QED) is 0.331. The number of carboxylic acid groups (broad SMARTS) is 1. The van der Waals surface area contributed by atoms with Gasteiger partial charge in [0.05, 0.1) is 18.9 Å². The Kier molecular flexibility index (Phi) is 8.74. The molecule has 0 saturated heterocycles. The number of aliphatic carboxylic acids is 1. The lowest BCUT2D eigenvalue weighted by atomic mass is 9.90. The van der Waals surface area contributed by atoms with Gasteiger partial charge in [-0.2, -0.15) is 0 Å². The first kappa shape index (κ1) is 25.5. The van der Waals surface area contributed by atoms with Crippen molar-refractivity contribution in [2.45, 2.75) is 25.2 Å². The Labute approximate surface area is 212 Å². The maximum absolute atomic E-state index is 11.5. The summed E-state index contributed by atoms with van der Waals surface area (Å²) in [7, 11) is 0. The maximum atomic E-state index is 11.5. The van der Waals surface area contributed by atoms with E-state index in [1.54, 1.807) is 0 Å². The first-order chi connectivity index (χ1) is 17.5. The van der Waals surface area contributed by atoms with Crippen molar-refractivity contribution in [1.29, 1.82) is 0 Å². The van der Waals surface area contributed by atoms with E-state index in [4.69, 9.17) is 10.5 Å². The number of amides is 1. The molecule has 0 bridgehead atoms. The highest BCUT2D eigenvalue weighted by Crippen LogP contribution is 2.39. The van der Waals surface area contributed by atoms with Crippen LogP contribution < -0.4 is 10.5 Å². The third-order valence-corrected chi connectivity index (χ3v) is 6.74. The molecule has 1 fully saturated rings. The summed E-state index contributed by atoms with van der Waals surface area (Å²) in [6.07, 6.45) is 1.74. The number of rotatable bonds is 14. The summed E-state index contributed by atoms with van der Waals surface area (Å²) in [5.41, 5.74) is 8.64. The summed E-state index contributed by atoms with van der Waals surface area (Å²) in [5, 5.41) is 9.42. The Morgan fingerprint density at radius 1 is 0.972 bits per heavy atom. The van der Waals surface area contributed by atoms with Crippen LogP contribution in [0.5, 0.6) is 5.75 Å². The van der Waals surface area contributed by atoms with E-state index in [1.165, 1.54) is 11.1 Å². The second kappa shape index (κ2) is 12.4. The first-order valence-electron chi connectivity index (χ1n) is 12.5. The number of carboxylic acids is 1. The number of carbonyl (C=O) groups excluding carboxylic acids is 1. The maximum Gasteiger partial charge on any atom is 0.306 e. The molecule has 2 unspecified atom stereocenters. The van der Waals surface area contributed by atoms with Gasteiger partial charge in [0.15, 0.2) is 0 Å². The van der Waals surface area contributed by atoms with E-state index in [-0.39, 0.29) is 30.1 Å². The minimum atomic E-state index is -0.693. The number of primary amides is 1. The fraction of sp³-hybridized carbons (Fsp3) is 0.333. The Morgan fingerprint density at radius 3 is 2.22 bits per heavy atom. The summed E-state index contributed by atoms with van der Waals surface area (Å²) >= 11 is 0. The molecule has 0 radical (unpaired) electrons. The molecule has 0 heterocycles. The molecule has 2 atom stereocenters. The van der Waals surface area contributed by atoms with Gasteiger partial charge in [-0.1, -0.05) is 72.8 Å². The van der Waals surface area contributed by atoms with Gasteiger partial charge < -0.3 is 20.5 Å². The monoisotopic (exact) mass is 486 g/mol. The fourth-order valence-electron chi connectivity index (χ4n) is 4.80. The van der Waals surface area contributed by atoms with E-state index in [0.717, 1.165) is 43.8 Å². The van der Waals surface area contributed by atoms with Crippen LogP contribution in [-0.4, -0.2) is 48.1 Å². The van der Waals surface area contributed by atoms with Crippen LogP contribution in [0.3, 0.4) is 0 Å². The molecule has 3 aromatic rings. The Hall–Kier alpha value is -3.64. The molecule has 3 aromatic carbocycles. The molecule has 1 aliphatic carbocycles. The third kappa shape index (κ3) is 7.43. The standard InChI is InChI=1S/C30H34N2O4/c31-29(33)18-22-9-7-14-26(17-22)36-16-8-15-32(20-25-19-27(25)30(34)35)21-28(23-10-3-1-4-11-23)24-12-5-2-6-13-24/h1-7,9-14,17,25,27-28H,8,15-16,18-21H2,(H2,31,33)(H,34,35). The average molecular weight is 487 g/mol. The lowest BCUT2D eigenvalue weighted by Crippen LogP contribution is -2.33. The highest BCUT2D eigenvalue weighted by molar-refractivity contribution is 5.76. The lowest BCUT2D eigenvalue weighted by molar-refractivity contribution is -0.138. The second-order valence-corrected chi connectivity index (χ2v) is 9.57. The molecule has 36 heavy (non-hydrogen) atoms. The lowest BCUT2D eigenvalue weighted by Gasteiger charge is -2.28. The number of hydrogen-bond acceptors (Lipinski definition) is 4. The fourth-order valence-corrected chi connectivity index (χ4v) is 4.80. The van der Waals surface area contributed by atoms with E-state index in [2.05, 4.69) is 53.4 Å². The van der Waals surface area contributed by atoms with Crippen LogP contribution in [0.25, 0.3) is 0 Å². The average Bonchev–Trinajstić information content (AvgIpc) is 3.65. The summed E-state index contributed by atoms with van der Waals surface area (Å²) in [5.74, 6) is -0.179. The van der Waals surface area contributed by atoms with Gasteiger partial charge in [-0.3, -0.25) is 9.59 Å². The largest absolute Gasteiger partial charge is 0.494 e. The summed E-state index contributed by atoms with van der Waals surface area (Å²) in [6, 6.07) is 28.4. The predicted molar refractivity (Wildman–Crippen MR) is 140 cm³/mol. The number of benzene rings is 3. The van der Waals surface area contributed by atoms with Crippen molar-refractivity contribution in [3.63, 3.8) is 0 Å². The highest BCUT2D eigenvalue weighted by atomic mass is 16.5. The SMILES string of the molecule is NC(=O)Cc1cccc(OCCCN(CC(c2ccccc2)c2ccccc2)CC2CC2C(=O)O)c1. The Balaban J connectivity index is 1.41. The van der Waals surface area contributed by atoms with E-state index < -0.39 is 5.97 Å². The highest BCUT2D eigenvalue weighted by Gasteiger charge is 2.43. The molecule has 0 aliphatic heterocycles. The number of nitrogens with zero attached hydrogens (tertiary/aromatic N) is 1. The van der Waals surface area contributed by atoms with E-state index >= 15 is 0 Å². The van der Waals surface area contributed by atoms with Crippen molar-refractivity contribution in [3.8, 4) is 5.75 Å². The van der Waals surface area contributed by atoms with Crippen molar-refractivity contribution in [2.75, 3.05) is 26.2 Å². The third-order valence-electron chi connectivity index (χ3n) is 6.74. The van der Waals surface area contributed by atoms with Crippen molar-refractivity contribution in [3.05, 3.63) is 102 Å². The van der Waals surface area contributed by atoms with E-state index in [1.807, 2.05) is 36.4 Å². The summed E-state index contributed by atoms with van der Waals surface area (Å²) in [6.45, 7) is 2.91. The Bertz CT molecular complexity index is 1100. The molecule has 1 saturated carbocycles. The van der Waals surface area contributed by atoms with E-state index in [0.29, 0.717) is 6.61 Å². The summed E-state index contributed by atoms with van der Waals surface area (Å²) in [4.78, 5) is 25.1. The summed E-state index contributed by atoms with van der Waals surface area (Å²) < 4.78 is 5.96. The first-order valence-corrected chi connectivity index (χ1v) is 12.5. The normalized spacial score (nSPS) is 16.7. The topological polar surface area (TPSA) is 92.9 Å². The van der Waals surface area contributed by atoms with Crippen molar-refractivity contribution < 1.29 is 19.4 Å². The zero-order chi connectivity index (χ0) is 25.3. The molecular weight excluding hydrogens is 452 g/mol. The molecule has 6 heteroatoms. The minimum Gasteiger partial charge on any atom is -0.494 e. The molecule has 0 aromatic heterocycles. The smallest absolute Gasteiger partial charge is 0.306 e. The predicted octanol–water partition coefficient (Wildman–Crippen LogP) is 4.34. The van der Waals surface area contributed by atoms with Gasteiger partial charge in [0.1, 0.15) is 5.75 Å². The van der Waals surface area contributed by atoms with Crippen molar-refractivity contribution >= 4 is 11.9 Å². The Morgan fingerprint density at radius 2 is 1.64 bits per heavy atom. The molecule has 0 spiro atoms. The number of ether oxygens (including phenoxy) is 1. The second-order valence-electron chi connectivity index (χ2n) is 9.57. The van der Waals surface area contributed by atoms with Crippen LogP contribution in [0.4, 0.5) is 0 Å². The van der Waals surface area contributed by atoms with Crippen LogP contribution in [0.15, 0.2) is 84.9 Å². The van der Waals surface area contributed by atoms with Gasteiger partial charge in [-0.25, -0.2) is 0 Å². The minimum absolute atomic E-state index is 0.192. The van der Waals surface area contributed by atoms with Crippen LogP contribution >= 0.6 is 0 Å². The zero-order valence-electron chi connectivity index (χ0n) is 20.5. The number of hydrogen-bond donors (Lipinski definition) is 2. The van der Waals surface area contributed by atoms with Crippen LogP contribution in [0.1, 0.15) is 35.4 Å². The number of carbonyl (C=O) groups is 2. The number of nitrogens with two attached hydrogens (primary N) is 1. The van der Waals surface area contributed by atoms with Gasteiger partial charge >= 0.3 is 5.97 Å². The van der Waals surface area contributed by atoms with Crippen molar-refractivity contribution in [2.24, 2.45) is 17.6 Å². The van der Waals surface area contributed by atoms with Gasteiger partial charge in [0.25, 0.3) is 0 Å². The zero-order valence-corrected chi connectivity index (χ0v) is 20.5. The van der Waals surface area contributed by atoms with Crippen LogP contribution in [0, 0.1) is 11.8 Å². The molecule has 188 valence electrons. The van der Waals surface area contributed by atoms with E-state index in [9.17, 15) is 14.7 Å². The van der Waals surface area contributed by atoms with Gasteiger partial charge in [-0.15, -0.1) is 0 Å². The van der Waals surface area contributed by atoms with Gasteiger partial charge in [0.2, 0.25) is 5.91 Å². The van der Waals surface area contributed by atoms with Crippen molar-refractivity contribution in [1.82, 2.24) is 4.90 Å². The molecule has 3 N–H and O–H groups in total. The molecular formula is C30H34N2O4.